The number of para-hydroxylation sites is 1. The highest BCUT2D eigenvalue weighted by atomic mass is 32.2. The molecule has 1 aromatic rings. The third-order valence-electron chi connectivity index (χ3n) is 3.93. The number of carbonyl (C=O) groups is 1. The standard InChI is InChI=1S/C16H22N2O5S/c1-16(2,3)23-15(19)18-9-8-11-13(10-18)22-12-6-4-5-7-14(12)24(20,21)17-11/h4-7,11,13,17H,8-10H2,1-3H3. The van der Waals surface area contributed by atoms with Gasteiger partial charge in [-0.25, -0.2) is 17.9 Å². The molecule has 0 spiro atoms. The average Bonchev–Trinajstić information content (AvgIpc) is 2.58. The van der Waals surface area contributed by atoms with E-state index in [1.807, 2.05) is 20.8 Å². The smallest absolute Gasteiger partial charge is 0.410 e. The van der Waals surface area contributed by atoms with Crippen molar-refractivity contribution < 1.29 is 22.7 Å². The molecule has 1 amide bonds. The Labute approximate surface area is 142 Å². The van der Waals surface area contributed by atoms with Crippen LogP contribution >= 0.6 is 0 Å². The van der Waals surface area contributed by atoms with Crippen LogP contribution in [0, 0.1) is 0 Å². The number of amides is 1. The second-order valence-corrected chi connectivity index (χ2v) is 8.73. The molecule has 0 aliphatic carbocycles. The summed E-state index contributed by atoms with van der Waals surface area (Å²) in [7, 11) is -3.63. The maximum absolute atomic E-state index is 12.5. The fourth-order valence-electron chi connectivity index (χ4n) is 2.86. The Morgan fingerprint density at radius 2 is 2.04 bits per heavy atom. The van der Waals surface area contributed by atoms with Crippen molar-refractivity contribution in [2.45, 2.75) is 49.8 Å². The molecule has 2 heterocycles. The number of nitrogens with zero attached hydrogens (tertiary/aromatic N) is 1. The summed E-state index contributed by atoms with van der Waals surface area (Å²) in [5.41, 5.74) is -0.577. The Morgan fingerprint density at radius 3 is 2.75 bits per heavy atom. The molecule has 1 fully saturated rings. The Morgan fingerprint density at radius 1 is 1.33 bits per heavy atom. The first-order chi connectivity index (χ1) is 11.2. The first-order valence-corrected chi connectivity index (χ1v) is 9.40. The normalized spacial score (nSPS) is 25.7. The highest BCUT2D eigenvalue weighted by Gasteiger charge is 2.40. The number of hydrogen-bond acceptors (Lipinski definition) is 5. The minimum Gasteiger partial charge on any atom is -0.485 e. The van der Waals surface area contributed by atoms with Crippen LogP contribution in [0.1, 0.15) is 27.2 Å². The van der Waals surface area contributed by atoms with Gasteiger partial charge in [0.2, 0.25) is 10.0 Å². The summed E-state index contributed by atoms with van der Waals surface area (Å²) in [4.78, 5) is 13.9. The summed E-state index contributed by atoms with van der Waals surface area (Å²) in [6.07, 6.45) is -0.397. The second kappa shape index (κ2) is 5.93. The molecule has 24 heavy (non-hydrogen) atoms. The largest absolute Gasteiger partial charge is 0.485 e. The molecule has 1 saturated heterocycles. The quantitative estimate of drug-likeness (QED) is 0.767. The van der Waals surface area contributed by atoms with Crippen LogP contribution in [0.15, 0.2) is 29.2 Å². The first kappa shape index (κ1) is 17.0. The number of benzene rings is 1. The van der Waals surface area contributed by atoms with E-state index in [0.717, 1.165) is 0 Å². The van der Waals surface area contributed by atoms with Gasteiger partial charge in [0, 0.05) is 6.54 Å². The summed E-state index contributed by atoms with van der Waals surface area (Å²) in [5, 5.41) is 0. The van der Waals surface area contributed by atoms with Crippen molar-refractivity contribution >= 4 is 16.1 Å². The molecule has 0 radical (unpaired) electrons. The zero-order valence-corrected chi connectivity index (χ0v) is 14.8. The molecule has 0 bridgehead atoms. The molecule has 0 saturated carbocycles. The first-order valence-electron chi connectivity index (χ1n) is 7.92. The fraction of sp³-hybridized carbons (Fsp3) is 0.562. The predicted molar refractivity (Wildman–Crippen MR) is 87.4 cm³/mol. The third-order valence-corrected chi connectivity index (χ3v) is 5.46. The van der Waals surface area contributed by atoms with Crippen LogP contribution < -0.4 is 9.46 Å². The van der Waals surface area contributed by atoms with E-state index in [1.54, 1.807) is 23.1 Å². The van der Waals surface area contributed by atoms with E-state index in [4.69, 9.17) is 9.47 Å². The summed E-state index contributed by atoms with van der Waals surface area (Å²) >= 11 is 0. The van der Waals surface area contributed by atoms with Crippen LogP contribution in [0.5, 0.6) is 5.75 Å². The van der Waals surface area contributed by atoms with E-state index in [2.05, 4.69) is 4.72 Å². The number of hydrogen-bond donors (Lipinski definition) is 1. The molecule has 2 aliphatic rings. The fourth-order valence-corrected chi connectivity index (χ4v) is 4.29. The molecule has 1 N–H and O–H groups in total. The lowest BCUT2D eigenvalue weighted by Gasteiger charge is -2.37. The zero-order valence-electron chi connectivity index (χ0n) is 14.0. The SMILES string of the molecule is CC(C)(C)OC(=O)N1CCC2NS(=O)(=O)c3ccccc3OC2C1. The lowest BCUT2D eigenvalue weighted by Crippen LogP contribution is -2.56. The Hall–Kier alpha value is -1.80. The lowest BCUT2D eigenvalue weighted by molar-refractivity contribution is 0.00306. The average molecular weight is 354 g/mol. The molecule has 2 atom stereocenters. The summed E-state index contributed by atoms with van der Waals surface area (Å²) in [5.74, 6) is 0.309. The van der Waals surface area contributed by atoms with Gasteiger partial charge in [-0.05, 0) is 39.3 Å². The Kier molecular flexibility index (Phi) is 4.21. The van der Waals surface area contributed by atoms with Gasteiger partial charge in [0.25, 0.3) is 0 Å². The minimum absolute atomic E-state index is 0.128. The topological polar surface area (TPSA) is 84.9 Å². The van der Waals surface area contributed by atoms with Gasteiger partial charge in [0.1, 0.15) is 22.4 Å². The number of fused-ring (bicyclic) bond motifs is 2. The maximum Gasteiger partial charge on any atom is 0.410 e. The van der Waals surface area contributed by atoms with Gasteiger partial charge in [-0.2, -0.15) is 0 Å². The maximum atomic E-state index is 12.5. The Balaban J connectivity index is 1.81. The number of nitrogens with one attached hydrogen (secondary N) is 1. The number of likely N-dealkylation sites (tertiary alicyclic amines) is 1. The molecule has 8 heteroatoms. The van der Waals surface area contributed by atoms with E-state index < -0.39 is 27.8 Å². The van der Waals surface area contributed by atoms with Crippen molar-refractivity contribution in [2.75, 3.05) is 13.1 Å². The minimum atomic E-state index is -3.63. The van der Waals surface area contributed by atoms with Crippen LogP contribution in [0.2, 0.25) is 0 Å². The van der Waals surface area contributed by atoms with Crippen LogP contribution in [-0.4, -0.2) is 50.2 Å². The van der Waals surface area contributed by atoms with E-state index >= 15 is 0 Å². The van der Waals surface area contributed by atoms with Gasteiger partial charge in [0.15, 0.2) is 0 Å². The molecule has 3 rings (SSSR count). The lowest BCUT2D eigenvalue weighted by atomic mass is 10.0. The van der Waals surface area contributed by atoms with E-state index in [0.29, 0.717) is 18.7 Å². The van der Waals surface area contributed by atoms with Gasteiger partial charge < -0.3 is 14.4 Å². The molecule has 0 aromatic heterocycles. The van der Waals surface area contributed by atoms with E-state index in [-0.39, 0.29) is 17.5 Å². The summed E-state index contributed by atoms with van der Waals surface area (Å²) in [6, 6.07) is 6.15. The monoisotopic (exact) mass is 354 g/mol. The van der Waals surface area contributed by atoms with Crippen molar-refractivity contribution in [3.05, 3.63) is 24.3 Å². The Bertz CT molecular complexity index is 741. The number of sulfonamides is 1. The molecule has 132 valence electrons. The van der Waals surface area contributed by atoms with Crippen molar-refractivity contribution in [1.29, 1.82) is 0 Å². The van der Waals surface area contributed by atoms with Gasteiger partial charge in [-0.15, -0.1) is 0 Å². The van der Waals surface area contributed by atoms with Gasteiger partial charge in [-0.3, -0.25) is 0 Å². The second-order valence-electron chi connectivity index (χ2n) is 7.05. The zero-order chi connectivity index (χ0) is 17.5. The molecule has 2 unspecified atom stereocenters. The van der Waals surface area contributed by atoms with Crippen molar-refractivity contribution in [1.82, 2.24) is 9.62 Å². The van der Waals surface area contributed by atoms with Gasteiger partial charge >= 0.3 is 6.09 Å². The van der Waals surface area contributed by atoms with Crippen LogP contribution in [0.25, 0.3) is 0 Å². The van der Waals surface area contributed by atoms with Crippen molar-refractivity contribution in [3.63, 3.8) is 0 Å². The van der Waals surface area contributed by atoms with E-state index in [9.17, 15) is 13.2 Å². The van der Waals surface area contributed by atoms with Crippen LogP contribution in [0.3, 0.4) is 0 Å². The molecule has 7 nitrogen and oxygen atoms in total. The predicted octanol–water partition coefficient (Wildman–Crippen LogP) is 1.74. The number of piperidine rings is 1. The number of carbonyl (C=O) groups excluding carboxylic acids is 1. The van der Waals surface area contributed by atoms with Crippen molar-refractivity contribution in [3.8, 4) is 5.75 Å². The highest BCUT2D eigenvalue weighted by molar-refractivity contribution is 7.89. The van der Waals surface area contributed by atoms with E-state index in [1.165, 1.54) is 6.07 Å². The van der Waals surface area contributed by atoms with Crippen LogP contribution in [-0.2, 0) is 14.8 Å². The molecular weight excluding hydrogens is 332 g/mol. The van der Waals surface area contributed by atoms with Gasteiger partial charge in [0.05, 0.1) is 12.6 Å². The van der Waals surface area contributed by atoms with Crippen LogP contribution in [0.4, 0.5) is 4.79 Å². The number of ether oxygens (including phenoxy) is 2. The summed E-state index contributed by atoms with van der Waals surface area (Å²) in [6.45, 7) is 6.12. The molecule has 1 aromatic carbocycles. The highest BCUT2D eigenvalue weighted by Crippen LogP contribution is 2.30. The number of rotatable bonds is 0. The summed E-state index contributed by atoms with van der Waals surface area (Å²) < 4.78 is 38.9. The van der Waals surface area contributed by atoms with Gasteiger partial charge in [-0.1, -0.05) is 12.1 Å². The molecular formula is C16H22N2O5S. The third kappa shape index (κ3) is 3.49. The molecule has 2 aliphatic heterocycles. The van der Waals surface area contributed by atoms with Crippen molar-refractivity contribution in [2.24, 2.45) is 0 Å².